The predicted octanol–water partition coefficient (Wildman–Crippen LogP) is 1.95. The molecule has 0 unspecified atom stereocenters. The number of hydrogen-bond acceptors (Lipinski definition) is 5. The molecule has 0 heterocycles. The summed E-state index contributed by atoms with van der Waals surface area (Å²) in [6.45, 7) is 0. The van der Waals surface area contributed by atoms with Crippen molar-refractivity contribution in [3.8, 4) is 5.75 Å². The molecular formula is C12H19NO4S. The van der Waals surface area contributed by atoms with Crippen molar-refractivity contribution in [1.82, 2.24) is 0 Å². The number of carbonyl (C=O) groups is 2. The first-order valence-electron chi connectivity index (χ1n) is 5.21. The molecule has 0 fully saturated rings. The van der Waals surface area contributed by atoms with Crippen molar-refractivity contribution in [2.24, 2.45) is 0 Å². The standard InChI is InChI=1S/C12H15NO4.H2S.H2/c1-13-9-3-5-10(6-4-9)17-12(15)8-7-11(14)16-2;;/h3-6,13H,7-8H2,1-2H3;1H2;1H. The van der Waals surface area contributed by atoms with E-state index in [9.17, 15) is 9.59 Å². The lowest BCUT2D eigenvalue weighted by atomic mass is 10.3. The monoisotopic (exact) mass is 273 g/mol. The minimum Gasteiger partial charge on any atom is -0.469 e. The second kappa shape index (κ2) is 8.41. The summed E-state index contributed by atoms with van der Waals surface area (Å²) in [6.07, 6.45) is 0.0460. The first kappa shape index (κ1) is 16.3. The zero-order valence-electron chi connectivity index (χ0n) is 10.4. The molecule has 0 atom stereocenters. The lowest BCUT2D eigenvalue weighted by Gasteiger charge is -2.05. The summed E-state index contributed by atoms with van der Waals surface area (Å²) in [5.41, 5.74) is 0.930. The lowest BCUT2D eigenvalue weighted by Crippen LogP contribution is -2.11. The number of nitrogens with one attached hydrogen (secondary N) is 1. The van der Waals surface area contributed by atoms with Gasteiger partial charge >= 0.3 is 11.9 Å². The van der Waals surface area contributed by atoms with Crippen LogP contribution in [-0.2, 0) is 14.3 Å². The van der Waals surface area contributed by atoms with E-state index in [1.807, 2.05) is 0 Å². The van der Waals surface area contributed by atoms with Crippen molar-refractivity contribution < 1.29 is 20.5 Å². The van der Waals surface area contributed by atoms with E-state index in [1.54, 1.807) is 31.3 Å². The van der Waals surface area contributed by atoms with Crippen molar-refractivity contribution in [1.29, 1.82) is 0 Å². The first-order chi connectivity index (χ1) is 8.15. The van der Waals surface area contributed by atoms with Crippen LogP contribution in [0.15, 0.2) is 24.3 Å². The summed E-state index contributed by atoms with van der Waals surface area (Å²) in [5, 5.41) is 2.95. The normalized spacial score (nSPS) is 9.00. The van der Waals surface area contributed by atoms with E-state index in [2.05, 4.69) is 10.1 Å². The SMILES string of the molecule is CNc1ccc(OC(=O)CCC(=O)OC)cc1.S.[HH]. The van der Waals surface area contributed by atoms with Gasteiger partial charge in [0.25, 0.3) is 0 Å². The zero-order valence-corrected chi connectivity index (χ0v) is 11.4. The topological polar surface area (TPSA) is 64.6 Å². The van der Waals surface area contributed by atoms with Crippen LogP contribution >= 0.6 is 13.5 Å². The van der Waals surface area contributed by atoms with Crippen molar-refractivity contribution in [2.75, 3.05) is 19.5 Å². The number of hydrogen-bond donors (Lipinski definition) is 1. The maximum atomic E-state index is 11.3. The Morgan fingerprint density at radius 2 is 1.72 bits per heavy atom. The van der Waals surface area contributed by atoms with Crippen molar-refractivity contribution in [2.45, 2.75) is 12.8 Å². The summed E-state index contributed by atoms with van der Waals surface area (Å²) >= 11 is 0. The zero-order chi connectivity index (χ0) is 12.7. The molecule has 0 aliphatic rings. The number of anilines is 1. The van der Waals surface area contributed by atoms with Gasteiger partial charge in [-0.2, -0.15) is 13.5 Å². The second-order valence-corrected chi connectivity index (χ2v) is 3.32. The van der Waals surface area contributed by atoms with Gasteiger partial charge in [-0.3, -0.25) is 9.59 Å². The Kier molecular flexibility index (Phi) is 7.62. The third-order valence-electron chi connectivity index (χ3n) is 2.14. The molecule has 0 saturated carbocycles. The lowest BCUT2D eigenvalue weighted by molar-refractivity contribution is -0.144. The Labute approximate surface area is 114 Å². The molecule has 1 rings (SSSR count). The number of esters is 2. The third-order valence-corrected chi connectivity index (χ3v) is 2.14. The number of carbonyl (C=O) groups excluding carboxylic acids is 2. The van der Waals surface area contributed by atoms with Gasteiger partial charge in [0, 0.05) is 14.2 Å². The summed E-state index contributed by atoms with van der Waals surface area (Å²) in [4.78, 5) is 22.2. The van der Waals surface area contributed by atoms with Gasteiger partial charge in [-0.25, -0.2) is 0 Å². The Bertz CT molecular complexity index is 397. The van der Waals surface area contributed by atoms with Gasteiger partial charge in [0.15, 0.2) is 0 Å². The molecule has 102 valence electrons. The highest BCUT2D eigenvalue weighted by atomic mass is 32.1. The van der Waals surface area contributed by atoms with Crippen LogP contribution in [0.1, 0.15) is 14.3 Å². The van der Waals surface area contributed by atoms with Gasteiger partial charge in [0.05, 0.1) is 20.0 Å². The molecule has 0 amide bonds. The van der Waals surface area contributed by atoms with Crippen LogP contribution in [0.3, 0.4) is 0 Å². The van der Waals surface area contributed by atoms with Crippen LogP contribution in [0.2, 0.25) is 0 Å². The van der Waals surface area contributed by atoms with Gasteiger partial charge in [0.2, 0.25) is 0 Å². The Balaban J connectivity index is 0. The predicted molar refractivity (Wildman–Crippen MR) is 75.4 cm³/mol. The average molecular weight is 273 g/mol. The summed E-state index contributed by atoms with van der Waals surface area (Å²) < 4.78 is 9.46. The molecule has 0 aromatic heterocycles. The average Bonchev–Trinajstić information content (AvgIpc) is 2.36. The van der Waals surface area contributed by atoms with Crippen LogP contribution in [0.5, 0.6) is 5.75 Å². The van der Waals surface area contributed by atoms with E-state index in [0.29, 0.717) is 5.75 Å². The van der Waals surface area contributed by atoms with Crippen LogP contribution in [0.25, 0.3) is 0 Å². The summed E-state index contributed by atoms with van der Waals surface area (Å²) in [6, 6.07) is 6.95. The number of methoxy groups -OCH3 is 1. The van der Waals surface area contributed by atoms with E-state index in [0.717, 1.165) is 5.69 Å². The number of rotatable bonds is 5. The Hall–Kier alpha value is -1.69. The van der Waals surface area contributed by atoms with E-state index in [4.69, 9.17) is 4.74 Å². The van der Waals surface area contributed by atoms with Gasteiger partial charge in [-0.1, -0.05) is 0 Å². The molecule has 0 radical (unpaired) electrons. The fraction of sp³-hybridized carbons (Fsp3) is 0.333. The van der Waals surface area contributed by atoms with Gasteiger partial charge < -0.3 is 14.8 Å². The second-order valence-electron chi connectivity index (χ2n) is 3.32. The summed E-state index contributed by atoms with van der Waals surface area (Å²) in [5.74, 6) is -0.418. The van der Waals surface area contributed by atoms with Crippen LogP contribution < -0.4 is 10.1 Å². The maximum Gasteiger partial charge on any atom is 0.311 e. The molecule has 18 heavy (non-hydrogen) atoms. The van der Waals surface area contributed by atoms with E-state index in [1.165, 1.54) is 7.11 Å². The largest absolute Gasteiger partial charge is 0.469 e. The molecule has 0 bridgehead atoms. The minimum atomic E-state index is -0.451. The molecule has 0 spiro atoms. The smallest absolute Gasteiger partial charge is 0.311 e. The van der Waals surface area contributed by atoms with Crippen LogP contribution in [0.4, 0.5) is 5.69 Å². The van der Waals surface area contributed by atoms with Gasteiger partial charge in [-0.15, -0.1) is 0 Å². The quantitative estimate of drug-likeness (QED) is 0.656. The molecule has 0 aliphatic heterocycles. The Morgan fingerprint density at radius 1 is 1.17 bits per heavy atom. The third kappa shape index (κ3) is 5.58. The Morgan fingerprint density at radius 3 is 2.22 bits per heavy atom. The van der Waals surface area contributed by atoms with Crippen LogP contribution in [-0.4, -0.2) is 26.1 Å². The summed E-state index contributed by atoms with van der Waals surface area (Å²) in [7, 11) is 3.08. The maximum absolute atomic E-state index is 11.3. The fourth-order valence-electron chi connectivity index (χ4n) is 1.18. The van der Waals surface area contributed by atoms with Gasteiger partial charge in [0.1, 0.15) is 5.75 Å². The molecule has 1 aromatic carbocycles. The van der Waals surface area contributed by atoms with Crippen molar-refractivity contribution in [3.05, 3.63) is 24.3 Å². The molecule has 6 heteroatoms. The molecule has 0 aliphatic carbocycles. The van der Waals surface area contributed by atoms with Crippen molar-refractivity contribution in [3.63, 3.8) is 0 Å². The van der Waals surface area contributed by atoms with E-state index >= 15 is 0 Å². The molecule has 5 nitrogen and oxygen atoms in total. The highest BCUT2D eigenvalue weighted by Gasteiger charge is 2.08. The minimum absolute atomic E-state index is 0. The first-order valence-corrected chi connectivity index (χ1v) is 5.21. The molecule has 0 saturated heterocycles. The highest BCUT2D eigenvalue weighted by molar-refractivity contribution is 7.59. The molecule has 1 N–H and O–H groups in total. The molecule has 1 aromatic rings. The highest BCUT2D eigenvalue weighted by Crippen LogP contribution is 2.15. The van der Waals surface area contributed by atoms with Crippen LogP contribution in [0, 0.1) is 0 Å². The van der Waals surface area contributed by atoms with Crippen molar-refractivity contribution >= 4 is 31.1 Å². The number of benzene rings is 1. The number of ether oxygens (including phenoxy) is 2. The molecular weight excluding hydrogens is 254 g/mol. The van der Waals surface area contributed by atoms with E-state index < -0.39 is 11.9 Å². The fourth-order valence-corrected chi connectivity index (χ4v) is 1.18. The van der Waals surface area contributed by atoms with Gasteiger partial charge in [-0.05, 0) is 24.3 Å². The van der Waals surface area contributed by atoms with E-state index in [-0.39, 0.29) is 27.8 Å².